The number of hydrogen-bond donors (Lipinski definition) is 0. The highest BCUT2D eigenvalue weighted by Crippen LogP contribution is 2.45. The van der Waals surface area contributed by atoms with Gasteiger partial charge in [0.05, 0.1) is 17.4 Å². The van der Waals surface area contributed by atoms with Crippen LogP contribution in [-0.2, 0) is 61.4 Å². The number of anilines is 2. The molecule has 2 fully saturated rings. The molecule has 4 aromatic rings. The van der Waals surface area contributed by atoms with E-state index in [4.69, 9.17) is 14.1 Å². The first-order chi connectivity index (χ1) is 29.9. The van der Waals surface area contributed by atoms with Crippen LogP contribution < -0.4 is 14.8 Å². The van der Waals surface area contributed by atoms with Gasteiger partial charge in [-0.2, -0.15) is 4.58 Å². The van der Waals surface area contributed by atoms with E-state index in [0.717, 1.165) is 11.1 Å². The highest BCUT2D eigenvalue weighted by Gasteiger charge is 2.45. The van der Waals surface area contributed by atoms with Crippen LogP contribution in [0.2, 0.25) is 0 Å². The van der Waals surface area contributed by atoms with E-state index >= 15 is 0 Å². The molecule has 0 bridgehead atoms. The number of nitrogens with zero attached hydrogens (tertiary/aromatic N) is 4. The van der Waals surface area contributed by atoms with Crippen molar-refractivity contribution in [2.45, 2.75) is 55.5 Å². The van der Waals surface area contributed by atoms with Crippen molar-refractivity contribution in [1.82, 2.24) is 14.7 Å². The number of carbonyl (C=O) groups is 6. The van der Waals surface area contributed by atoms with Crippen molar-refractivity contribution < 1.29 is 55.8 Å². The van der Waals surface area contributed by atoms with Gasteiger partial charge in [-0.15, -0.1) is 10.1 Å². The Morgan fingerprint density at radius 1 is 0.677 bits per heavy atom. The lowest BCUT2D eigenvalue weighted by molar-refractivity contribution is -0.199. The molecular formula is C45H32N4O12S. The third-order valence-corrected chi connectivity index (χ3v) is 12.4. The fraction of sp³-hybridized carbons (Fsp3) is 0.178. The fourth-order valence-electron chi connectivity index (χ4n) is 8.75. The molecule has 16 nitrogen and oxygen atoms in total. The first-order valence-electron chi connectivity index (χ1n) is 19.6. The van der Waals surface area contributed by atoms with Gasteiger partial charge in [0, 0.05) is 89.3 Å². The highest BCUT2D eigenvalue weighted by molar-refractivity contribution is 7.85. The van der Waals surface area contributed by atoms with Gasteiger partial charge in [-0.25, -0.2) is 18.0 Å². The van der Waals surface area contributed by atoms with Crippen LogP contribution in [0, 0.1) is 0 Å². The van der Waals surface area contributed by atoms with Crippen LogP contribution in [0.1, 0.15) is 36.8 Å². The zero-order chi connectivity index (χ0) is 43.0. The van der Waals surface area contributed by atoms with Gasteiger partial charge in [-0.05, 0) is 35.9 Å². The molecule has 17 heteroatoms. The number of hydrogen-bond acceptors (Lipinski definition) is 13. The van der Waals surface area contributed by atoms with E-state index in [2.05, 4.69) is 0 Å². The molecule has 5 aliphatic heterocycles. The van der Waals surface area contributed by atoms with Gasteiger partial charge in [0.2, 0.25) is 11.0 Å². The van der Waals surface area contributed by atoms with Gasteiger partial charge in [0.1, 0.15) is 27.5 Å². The number of imide groups is 2. The quantitative estimate of drug-likeness (QED) is 0.0946. The second-order valence-corrected chi connectivity index (χ2v) is 16.6. The Hall–Kier alpha value is -7.50. The van der Waals surface area contributed by atoms with Gasteiger partial charge >= 0.3 is 11.9 Å². The molecule has 2 atom stereocenters. The molecule has 0 radical (unpaired) electrons. The number of hydroxylamine groups is 4. The van der Waals surface area contributed by atoms with Gasteiger partial charge in [-0.1, -0.05) is 54.6 Å². The molecule has 62 heavy (non-hydrogen) atoms. The van der Waals surface area contributed by atoms with E-state index in [1.807, 2.05) is 36.4 Å². The monoisotopic (exact) mass is 852 g/mol. The van der Waals surface area contributed by atoms with Gasteiger partial charge in [0.25, 0.3) is 29.7 Å². The summed E-state index contributed by atoms with van der Waals surface area (Å²) in [6.45, 7) is 0. The van der Waals surface area contributed by atoms with Crippen LogP contribution in [-0.4, -0.2) is 70.7 Å². The predicted molar refractivity (Wildman–Crippen MR) is 216 cm³/mol. The second-order valence-electron chi connectivity index (χ2n) is 15.2. The summed E-state index contributed by atoms with van der Waals surface area (Å²) in [6.07, 6.45) is 0.0775. The smallest absolute Gasteiger partial charge is 0.401 e. The summed E-state index contributed by atoms with van der Waals surface area (Å²) in [5, 5.41) is 1.87. The summed E-state index contributed by atoms with van der Waals surface area (Å²) in [5.41, 5.74) is 4.42. The SMILES string of the molecule is O=C(ON1C(=O)CCC1=O)C1Cc2ccccc2N1c1ccc2c(-c3ccccc3S(=O)(=O)[O-])c3ccc(=[N+]4c5ccccc5CC4C(=O)ON4C(=O)CCC4=O)cc-3oc2c1. The van der Waals surface area contributed by atoms with Crippen LogP contribution in [0.3, 0.4) is 0 Å². The minimum Gasteiger partial charge on any atom is -0.744 e. The fourth-order valence-corrected chi connectivity index (χ4v) is 9.44. The first kappa shape index (κ1) is 38.7. The van der Waals surface area contributed by atoms with Crippen molar-refractivity contribution in [1.29, 1.82) is 0 Å². The average molecular weight is 853 g/mol. The minimum atomic E-state index is -5.00. The summed E-state index contributed by atoms with van der Waals surface area (Å²) in [4.78, 5) is 89.3. The molecule has 2 unspecified atom stereocenters. The Morgan fingerprint density at radius 2 is 1.31 bits per heavy atom. The molecule has 4 amide bonds. The number of para-hydroxylation sites is 2. The van der Waals surface area contributed by atoms with Crippen molar-refractivity contribution in [3.8, 4) is 22.5 Å². The predicted octanol–water partition coefficient (Wildman–Crippen LogP) is 4.41. The Balaban J connectivity index is 1.17. The van der Waals surface area contributed by atoms with Crippen LogP contribution in [0.5, 0.6) is 0 Å². The second kappa shape index (κ2) is 14.6. The summed E-state index contributed by atoms with van der Waals surface area (Å²) in [7, 11) is -5.00. The summed E-state index contributed by atoms with van der Waals surface area (Å²) >= 11 is 0. The van der Waals surface area contributed by atoms with E-state index in [-0.39, 0.29) is 55.4 Å². The van der Waals surface area contributed by atoms with E-state index in [1.165, 1.54) is 18.2 Å². The lowest BCUT2D eigenvalue weighted by atomic mass is 9.93. The maximum Gasteiger partial charge on any atom is 0.401 e. The normalized spacial score (nSPS) is 19.5. The molecule has 10 rings (SSSR count). The third-order valence-electron chi connectivity index (χ3n) is 11.5. The van der Waals surface area contributed by atoms with E-state index in [0.29, 0.717) is 49.1 Å². The topological polar surface area (TPSA) is 204 Å². The molecule has 5 heterocycles. The number of benzene rings is 5. The minimum absolute atomic E-state index is 0.0721. The third kappa shape index (κ3) is 6.40. The van der Waals surface area contributed by atoms with Gasteiger partial charge in [-0.3, -0.25) is 19.2 Å². The Bertz CT molecular complexity index is 3110. The summed E-state index contributed by atoms with van der Waals surface area (Å²) in [5.74, 6) is -3.93. The van der Waals surface area contributed by atoms with Crippen molar-refractivity contribution >= 4 is 73.7 Å². The number of carbonyl (C=O) groups excluding carboxylic acids is 6. The van der Waals surface area contributed by atoms with Crippen LogP contribution in [0.25, 0.3) is 33.4 Å². The standard InChI is InChI=1S/C45H32N4O12S/c50-39-17-18-40(51)48(39)60-44(54)34-21-25-7-1-4-10-32(25)46(34)27-13-15-29-36(23-27)59-37-24-28(14-16-30(37)43(29)31-9-3-6-12-38(31)62(56,57)58)47-33-11-5-2-8-26(33)22-35(47)45(55)61-49-41(52)19-20-42(49)53/h1-16,23-24,34-35H,17-22H2. The molecule has 0 saturated carbocycles. The number of rotatable bonds is 7. The molecule has 4 aromatic carbocycles. The van der Waals surface area contributed by atoms with Crippen molar-refractivity contribution in [3.05, 3.63) is 126 Å². The molecule has 310 valence electrons. The Morgan fingerprint density at radius 3 is 2.02 bits per heavy atom. The molecule has 6 aliphatic rings. The lowest BCUT2D eigenvalue weighted by Crippen LogP contribution is -2.43. The van der Waals surface area contributed by atoms with Crippen molar-refractivity contribution in [3.63, 3.8) is 0 Å². The largest absolute Gasteiger partial charge is 0.744 e. The zero-order valence-electron chi connectivity index (χ0n) is 32.4. The lowest BCUT2D eigenvalue weighted by Gasteiger charge is -2.27. The van der Waals surface area contributed by atoms with Crippen LogP contribution in [0.15, 0.2) is 119 Å². The van der Waals surface area contributed by atoms with E-state index in [9.17, 15) is 41.7 Å². The first-order valence-corrected chi connectivity index (χ1v) is 21.0. The van der Waals surface area contributed by atoms with Crippen LogP contribution >= 0.6 is 0 Å². The molecular weight excluding hydrogens is 821 g/mol. The number of fused-ring (bicyclic) bond motifs is 4. The van der Waals surface area contributed by atoms with Gasteiger partial charge in [0.15, 0.2) is 0 Å². The Labute approximate surface area is 351 Å². The maximum atomic E-state index is 13.8. The highest BCUT2D eigenvalue weighted by atomic mass is 32.2. The zero-order valence-corrected chi connectivity index (χ0v) is 33.2. The molecule has 2 saturated heterocycles. The van der Waals surface area contributed by atoms with Gasteiger partial charge < -0.3 is 23.5 Å². The maximum absolute atomic E-state index is 13.8. The van der Waals surface area contributed by atoms with E-state index < -0.39 is 62.7 Å². The molecule has 0 aromatic heterocycles. The van der Waals surface area contributed by atoms with Crippen molar-refractivity contribution in [2.75, 3.05) is 4.90 Å². The Kier molecular flexibility index (Phi) is 9.11. The summed E-state index contributed by atoms with van der Waals surface area (Å²) in [6, 6.07) is 28.4. The molecule has 0 N–H and O–H groups in total. The van der Waals surface area contributed by atoms with Crippen molar-refractivity contribution in [2.24, 2.45) is 0 Å². The summed E-state index contributed by atoms with van der Waals surface area (Å²) < 4.78 is 46.6. The molecule has 1 aliphatic carbocycles. The van der Waals surface area contributed by atoms with Crippen LogP contribution in [0.4, 0.5) is 17.1 Å². The van der Waals surface area contributed by atoms with E-state index in [1.54, 1.807) is 64.1 Å². The number of amides is 4. The molecule has 0 spiro atoms. The average Bonchev–Trinajstić information content (AvgIpc) is 4.02.